The van der Waals surface area contributed by atoms with Crippen molar-refractivity contribution in [3.8, 4) is 0 Å². The molecule has 0 aliphatic carbocycles. The molecule has 0 bridgehead atoms. The predicted molar refractivity (Wildman–Crippen MR) is 102 cm³/mol. The van der Waals surface area contributed by atoms with Crippen LogP contribution >= 0.6 is 0 Å². The van der Waals surface area contributed by atoms with E-state index in [-0.39, 0.29) is 0 Å². The molecule has 0 amide bonds. The summed E-state index contributed by atoms with van der Waals surface area (Å²) in [5.41, 5.74) is 5.14. The second kappa shape index (κ2) is 10.2. The topological polar surface area (TPSA) is 16.1 Å². The quantitative estimate of drug-likeness (QED) is 0.578. The van der Waals surface area contributed by atoms with E-state index in [1.165, 1.54) is 16.7 Å². The molecule has 1 rings (SSSR count). The highest BCUT2D eigenvalue weighted by molar-refractivity contribution is 5.36. The molecule has 1 unspecified atom stereocenters. The summed E-state index contributed by atoms with van der Waals surface area (Å²) in [6.07, 6.45) is 12.9. The zero-order chi connectivity index (χ0) is 17.2. The zero-order valence-corrected chi connectivity index (χ0v) is 15.6. The standard InChI is InChI=1S/C21H32N2/c1-7-10-12-20(11-8-2)19(9-3)16-23(6)18(5)21-14-13-17(4)15-22-21/h8,10-15,18H,7,9,16H2,1-6H3/b11-8-,12-10+,20-19-. The number of aryl methyl sites for hydroxylation is 1. The minimum Gasteiger partial charge on any atom is -0.294 e. The Hall–Kier alpha value is -1.67. The Kier molecular flexibility index (Phi) is 8.57. The third-order valence-corrected chi connectivity index (χ3v) is 4.18. The summed E-state index contributed by atoms with van der Waals surface area (Å²) in [4.78, 5) is 6.95. The van der Waals surface area contributed by atoms with Crippen LogP contribution in [0.15, 0.2) is 53.8 Å². The Morgan fingerprint density at radius 3 is 2.52 bits per heavy atom. The van der Waals surface area contributed by atoms with Crippen LogP contribution in [0.4, 0.5) is 0 Å². The van der Waals surface area contributed by atoms with Gasteiger partial charge >= 0.3 is 0 Å². The molecule has 0 radical (unpaired) electrons. The lowest BCUT2D eigenvalue weighted by molar-refractivity contribution is 0.276. The number of rotatable bonds is 8. The van der Waals surface area contributed by atoms with Gasteiger partial charge in [-0.3, -0.25) is 9.88 Å². The first-order valence-electron chi connectivity index (χ1n) is 8.67. The maximum atomic E-state index is 4.58. The maximum absolute atomic E-state index is 4.58. The molecular formula is C21H32N2. The molecule has 0 saturated heterocycles. The van der Waals surface area contributed by atoms with Crippen molar-refractivity contribution < 1.29 is 0 Å². The van der Waals surface area contributed by atoms with Crippen molar-refractivity contribution in [1.29, 1.82) is 0 Å². The molecular weight excluding hydrogens is 280 g/mol. The number of hydrogen-bond acceptors (Lipinski definition) is 2. The monoisotopic (exact) mass is 312 g/mol. The first-order valence-corrected chi connectivity index (χ1v) is 8.67. The van der Waals surface area contributed by atoms with Crippen LogP contribution in [-0.4, -0.2) is 23.5 Å². The third-order valence-electron chi connectivity index (χ3n) is 4.18. The first kappa shape index (κ1) is 19.4. The molecule has 2 heteroatoms. The molecule has 1 aromatic rings. The van der Waals surface area contributed by atoms with Gasteiger partial charge in [-0.25, -0.2) is 0 Å². The summed E-state index contributed by atoms with van der Waals surface area (Å²) in [7, 11) is 2.18. The molecule has 0 aromatic carbocycles. The normalized spacial score (nSPS) is 14.7. The highest BCUT2D eigenvalue weighted by Crippen LogP contribution is 2.21. The van der Waals surface area contributed by atoms with Gasteiger partial charge in [0.05, 0.1) is 5.69 Å². The Bertz CT molecular complexity index is 550. The number of hydrogen-bond donors (Lipinski definition) is 0. The van der Waals surface area contributed by atoms with E-state index < -0.39 is 0 Å². The van der Waals surface area contributed by atoms with Crippen molar-refractivity contribution in [2.24, 2.45) is 0 Å². The van der Waals surface area contributed by atoms with Gasteiger partial charge in [-0.05, 0) is 63.4 Å². The predicted octanol–water partition coefficient (Wildman–Crippen LogP) is 5.63. The van der Waals surface area contributed by atoms with Crippen molar-refractivity contribution in [3.63, 3.8) is 0 Å². The minimum atomic E-state index is 0.305. The number of nitrogens with zero attached hydrogens (tertiary/aromatic N) is 2. The summed E-state index contributed by atoms with van der Waals surface area (Å²) in [5, 5.41) is 0. The van der Waals surface area contributed by atoms with Crippen LogP contribution in [0, 0.1) is 6.92 Å². The van der Waals surface area contributed by atoms with E-state index in [0.717, 1.165) is 25.1 Å². The van der Waals surface area contributed by atoms with Crippen LogP contribution in [0.3, 0.4) is 0 Å². The Morgan fingerprint density at radius 2 is 2.00 bits per heavy atom. The average Bonchev–Trinajstić information content (AvgIpc) is 2.56. The van der Waals surface area contributed by atoms with Crippen LogP contribution in [0.25, 0.3) is 0 Å². The lowest BCUT2D eigenvalue weighted by atomic mass is 10.0. The SMILES string of the molecule is C\C=C/C(/C=C/CC)=C(\CC)CN(C)C(C)c1ccc(C)cn1. The van der Waals surface area contributed by atoms with Gasteiger partial charge in [0.15, 0.2) is 0 Å². The Balaban J connectivity index is 2.95. The molecule has 1 atom stereocenters. The number of likely N-dealkylation sites (N-methyl/N-ethyl adjacent to an activating group) is 1. The summed E-state index contributed by atoms with van der Waals surface area (Å²) in [6, 6.07) is 4.58. The van der Waals surface area contributed by atoms with Crippen molar-refractivity contribution in [2.75, 3.05) is 13.6 Å². The summed E-state index contributed by atoms with van der Waals surface area (Å²) < 4.78 is 0. The molecule has 23 heavy (non-hydrogen) atoms. The van der Waals surface area contributed by atoms with Gasteiger partial charge in [0.2, 0.25) is 0 Å². The summed E-state index contributed by atoms with van der Waals surface area (Å²) in [5.74, 6) is 0. The number of aromatic nitrogens is 1. The Labute approximate surface area is 142 Å². The van der Waals surface area contributed by atoms with Gasteiger partial charge in [-0.2, -0.15) is 0 Å². The highest BCUT2D eigenvalue weighted by Gasteiger charge is 2.14. The number of allylic oxidation sites excluding steroid dienone is 5. The molecule has 0 saturated carbocycles. The van der Waals surface area contributed by atoms with E-state index >= 15 is 0 Å². The van der Waals surface area contributed by atoms with E-state index in [2.05, 4.69) is 88.0 Å². The maximum Gasteiger partial charge on any atom is 0.0572 e. The van der Waals surface area contributed by atoms with Crippen molar-refractivity contribution in [3.05, 3.63) is 65.0 Å². The number of pyridine rings is 1. The molecule has 126 valence electrons. The summed E-state index contributed by atoms with van der Waals surface area (Å²) in [6.45, 7) is 11.7. The van der Waals surface area contributed by atoms with Crippen molar-refractivity contribution in [1.82, 2.24) is 9.88 Å². The van der Waals surface area contributed by atoms with Crippen LogP contribution in [0.1, 0.15) is 57.8 Å². The van der Waals surface area contributed by atoms with Crippen molar-refractivity contribution >= 4 is 0 Å². The molecule has 1 aromatic heterocycles. The van der Waals surface area contributed by atoms with Gasteiger partial charge in [0.1, 0.15) is 0 Å². The Morgan fingerprint density at radius 1 is 1.26 bits per heavy atom. The zero-order valence-electron chi connectivity index (χ0n) is 15.6. The van der Waals surface area contributed by atoms with Gasteiger partial charge in [-0.15, -0.1) is 0 Å². The minimum absolute atomic E-state index is 0.305. The van der Waals surface area contributed by atoms with Crippen LogP contribution in [-0.2, 0) is 0 Å². The van der Waals surface area contributed by atoms with Gasteiger partial charge in [0, 0.05) is 18.8 Å². The average molecular weight is 313 g/mol. The molecule has 0 spiro atoms. The third kappa shape index (κ3) is 6.15. The van der Waals surface area contributed by atoms with E-state index in [9.17, 15) is 0 Å². The lowest BCUT2D eigenvalue weighted by Gasteiger charge is -2.26. The van der Waals surface area contributed by atoms with E-state index in [4.69, 9.17) is 0 Å². The van der Waals surface area contributed by atoms with Gasteiger partial charge < -0.3 is 0 Å². The largest absolute Gasteiger partial charge is 0.294 e. The fourth-order valence-corrected chi connectivity index (χ4v) is 2.51. The van der Waals surface area contributed by atoms with E-state index in [1.807, 2.05) is 6.20 Å². The second-order valence-electron chi connectivity index (χ2n) is 6.07. The summed E-state index contributed by atoms with van der Waals surface area (Å²) >= 11 is 0. The van der Waals surface area contributed by atoms with Crippen LogP contribution in [0.5, 0.6) is 0 Å². The fourth-order valence-electron chi connectivity index (χ4n) is 2.51. The molecule has 0 fully saturated rings. The lowest BCUT2D eigenvalue weighted by Crippen LogP contribution is -2.25. The molecule has 0 aliphatic heterocycles. The molecule has 0 aliphatic rings. The first-order chi connectivity index (χ1) is 11.0. The fraction of sp³-hybridized carbons (Fsp3) is 0.476. The van der Waals surface area contributed by atoms with Crippen molar-refractivity contribution in [2.45, 2.75) is 53.5 Å². The molecule has 2 nitrogen and oxygen atoms in total. The van der Waals surface area contributed by atoms with E-state index in [0.29, 0.717) is 6.04 Å². The van der Waals surface area contributed by atoms with Gasteiger partial charge in [0.25, 0.3) is 0 Å². The second-order valence-corrected chi connectivity index (χ2v) is 6.07. The van der Waals surface area contributed by atoms with Crippen LogP contribution < -0.4 is 0 Å². The van der Waals surface area contributed by atoms with Crippen LogP contribution in [0.2, 0.25) is 0 Å². The smallest absolute Gasteiger partial charge is 0.0572 e. The highest BCUT2D eigenvalue weighted by atomic mass is 15.1. The van der Waals surface area contributed by atoms with E-state index in [1.54, 1.807) is 0 Å². The van der Waals surface area contributed by atoms with Gasteiger partial charge in [-0.1, -0.05) is 44.2 Å². The molecule has 0 N–H and O–H groups in total. The molecule has 1 heterocycles.